The Hall–Kier alpha value is -0.970. The molecule has 0 aliphatic rings. The third-order valence-electron chi connectivity index (χ3n) is 3.11. The highest BCUT2D eigenvalue weighted by Crippen LogP contribution is 2.35. The van der Waals surface area contributed by atoms with Gasteiger partial charge < -0.3 is 20.1 Å². The molecular weight excluding hydrogens is 276 g/mol. The lowest BCUT2D eigenvalue weighted by Crippen LogP contribution is -2.23. The predicted molar refractivity (Wildman–Crippen MR) is 84.0 cm³/mol. The Kier molecular flexibility index (Phi) is 7.13. The monoisotopic (exact) mass is 300 g/mol. The molecule has 0 saturated carbocycles. The molecule has 0 amide bonds. The minimum absolute atomic E-state index is 0.0920. The Balaban J connectivity index is 2.96. The van der Waals surface area contributed by atoms with Gasteiger partial charge >= 0.3 is 0 Å². The molecule has 5 heteroatoms. The molecule has 0 fully saturated rings. The van der Waals surface area contributed by atoms with E-state index in [1.165, 1.54) is 0 Å². The molecule has 0 aliphatic carbocycles. The summed E-state index contributed by atoms with van der Waals surface area (Å²) in [6.07, 6.45) is 1.64. The van der Waals surface area contributed by atoms with Gasteiger partial charge in [-0.25, -0.2) is 0 Å². The van der Waals surface area contributed by atoms with Gasteiger partial charge in [0.15, 0.2) is 11.5 Å². The van der Waals surface area contributed by atoms with Gasteiger partial charge in [0.2, 0.25) is 0 Å². The van der Waals surface area contributed by atoms with Crippen LogP contribution in [0.4, 0.5) is 0 Å². The van der Waals surface area contributed by atoms with Crippen molar-refractivity contribution in [2.45, 2.75) is 25.8 Å². The molecule has 0 heterocycles. The first kappa shape index (κ1) is 17.1. The lowest BCUT2D eigenvalue weighted by molar-refractivity contribution is 0.248. The summed E-state index contributed by atoms with van der Waals surface area (Å²) in [5.41, 5.74) is 7.05. The largest absolute Gasteiger partial charge is 0.493 e. The van der Waals surface area contributed by atoms with Crippen molar-refractivity contribution in [3.05, 3.63) is 22.7 Å². The first-order valence-corrected chi connectivity index (χ1v) is 7.25. The van der Waals surface area contributed by atoms with E-state index in [4.69, 9.17) is 26.8 Å². The van der Waals surface area contributed by atoms with E-state index in [1.54, 1.807) is 13.2 Å². The quantitative estimate of drug-likeness (QED) is 0.801. The zero-order chi connectivity index (χ0) is 15.1. The van der Waals surface area contributed by atoms with E-state index in [-0.39, 0.29) is 6.04 Å². The summed E-state index contributed by atoms with van der Waals surface area (Å²) in [6, 6.07) is 3.77. The molecule has 0 radical (unpaired) electrons. The van der Waals surface area contributed by atoms with Crippen LogP contribution in [0.1, 0.15) is 18.9 Å². The number of nitrogens with zero attached hydrogens (tertiary/aromatic N) is 1. The van der Waals surface area contributed by atoms with Crippen molar-refractivity contribution in [1.82, 2.24) is 4.90 Å². The summed E-state index contributed by atoms with van der Waals surface area (Å²) >= 11 is 6.13. The maximum absolute atomic E-state index is 6.13. The predicted octanol–water partition coefficient (Wildman–Crippen LogP) is 2.57. The fourth-order valence-electron chi connectivity index (χ4n) is 1.85. The van der Waals surface area contributed by atoms with E-state index in [0.717, 1.165) is 30.7 Å². The Morgan fingerprint density at radius 1 is 1.35 bits per heavy atom. The SMILES string of the molecule is CCC(N)Cc1cc(Cl)cc(OC)c1OCCN(C)C. The summed E-state index contributed by atoms with van der Waals surface area (Å²) in [7, 11) is 5.64. The molecule has 1 aromatic carbocycles. The molecule has 0 aliphatic heterocycles. The molecule has 4 nitrogen and oxygen atoms in total. The van der Waals surface area contributed by atoms with Crippen molar-refractivity contribution in [3.63, 3.8) is 0 Å². The topological polar surface area (TPSA) is 47.7 Å². The highest BCUT2D eigenvalue weighted by atomic mass is 35.5. The van der Waals surface area contributed by atoms with Crippen molar-refractivity contribution in [2.75, 3.05) is 34.4 Å². The number of likely N-dealkylation sites (N-methyl/N-ethyl adjacent to an activating group) is 1. The van der Waals surface area contributed by atoms with Crippen LogP contribution in [0.3, 0.4) is 0 Å². The van der Waals surface area contributed by atoms with Crippen LogP contribution in [-0.2, 0) is 6.42 Å². The van der Waals surface area contributed by atoms with E-state index in [2.05, 4.69) is 11.8 Å². The molecule has 114 valence electrons. The zero-order valence-electron chi connectivity index (χ0n) is 12.8. The van der Waals surface area contributed by atoms with Gasteiger partial charge in [-0.3, -0.25) is 0 Å². The summed E-state index contributed by atoms with van der Waals surface area (Å²) in [5, 5.41) is 0.639. The van der Waals surface area contributed by atoms with Crippen molar-refractivity contribution in [2.24, 2.45) is 5.73 Å². The average Bonchev–Trinajstić information content (AvgIpc) is 2.39. The summed E-state index contributed by atoms with van der Waals surface area (Å²) in [6.45, 7) is 3.50. The first-order valence-electron chi connectivity index (χ1n) is 6.87. The van der Waals surface area contributed by atoms with E-state index >= 15 is 0 Å². The molecule has 0 saturated heterocycles. The van der Waals surface area contributed by atoms with E-state index < -0.39 is 0 Å². The Morgan fingerprint density at radius 3 is 2.60 bits per heavy atom. The van der Waals surface area contributed by atoms with Crippen LogP contribution in [0.2, 0.25) is 5.02 Å². The van der Waals surface area contributed by atoms with Crippen LogP contribution < -0.4 is 15.2 Å². The summed E-state index contributed by atoms with van der Waals surface area (Å²) < 4.78 is 11.3. The number of halogens is 1. The van der Waals surface area contributed by atoms with Crippen LogP contribution in [-0.4, -0.2) is 45.3 Å². The van der Waals surface area contributed by atoms with Crippen molar-refractivity contribution >= 4 is 11.6 Å². The Bertz CT molecular complexity index is 425. The standard InChI is InChI=1S/C15H25ClN2O2/c1-5-13(17)9-11-8-12(16)10-14(19-4)15(11)20-7-6-18(2)3/h8,10,13H,5-7,9,17H2,1-4H3. The van der Waals surface area contributed by atoms with Gasteiger partial charge in [-0.1, -0.05) is 18.5 Å². The van der Waals surface area contributed by atoms with Crippen molar-refractivity contribution in [1.29, 1.82) is 0 Å². The smallest absolute Gasteiger partial charge is 0.164 e. The Morgan fingerprint density at radius 2 is 2.05 bits per heavy atom. The Labute approximate surface area is 126 Å². The second-order valence-corrected chi connectivity index (χ2v) is 5.56. The lowest BCUT2D eigenvalue weighted by atomic mass is 10.0. The molecule has 1 aromatic rings. The third-order valence-corrected chi connectivity index (χ3v) is 3.33. The van der Waals surface area contributed by atoms with Crippen molar-refractivity contribution in [3.8, 4) is 11.5 Å². The van der Waals surface area contributed by atoms with Crippen LogP contribution in [0.25, 0.3) is 0 Å². The molecule has 1 unspecified atom stereocenters. The fourth-order valence-corrected chi connectivity index (χ4v) is 2.08. The molecule has 0 spiro atoms. The molecule has 1 rings (SSSR count). The van der Waals surface area contributed by atoms with E-state index in [9.17, 15) is 0 Å². The van der Waals surface area contributed by atoms with Gasteiger partial charge in [0, 0.05) is 29.2 Å². The maximum atomic E-state index is 6.13. The number of methoxy groups -OCH3 is 1. The fraction of sp³-hybridized carbons (Fsp3) is 0.600. The zero-order valence-corrected chi connectivity index (χ0v) is 13.5. The van der Waals surface area contributed by atoms with E-state index in [1.807, 2.05) is 20.2 Å². The van der Waals surface area contributed by atoms with Gasteiger partial charge in [-0.05, 0) is 33.0 Å². The van der Waals surface area contributed by atoms with Crippen molar-refractivity contribution < 1.29 is 9.47 Å². The third kappa shape index (κ3) is 5.19. The number of rotatable bonds is 8. The highest BCUT2D eigenvalue weighted by Gasteiger charge is 2.15. The average molecular weight is 301 g/mol. The minimum Gasteiger partial charge on any atom is -0.493 e. The van der Waals surface area contributed by atoms with Crippen LogP contribution in [0, 0.1) is 0 Å². The molecule has 20 heavy (non-hydrogen) atoms. The van der Waals surface area contributed by atoms with Gasteiger partial charge in [0.05, 0.1) is 7.11 Å². The molecule has 0 aromatic heterocycles. The van der Waals surface area contributed by atoms with Gasteiger partial charge in [0.25, 0.3) is 0 Å². The second-order valence-electron chi connectivity index (χ2n) is 5.12. The molecule has 2 N–H and O–H groups in total. The van der Waals surface area contributed by atoms with Crippen LogP contribution >= 0.6 is 11.6 Å². The first-order chi connectivity index (χ1) is 9.47. The molecule has 0 bridgehead atoms. The normalized spacial score (nSPS) is 12.6. The van der Waals surface area contributed by atoms with Crippen LogP contribution in [0.5, 0.6) is 11.5 Å². The van der Waals surface area contributed by atoms with Gasteiger partial charge in [-0.2, -0.15) is 0 Å². The number of hydrogen-bond acceptors (Lipinski definition) is 4. The summed E-state index contributed by atoms with van der Waals surface area (Å²) in [5.74, 6) is 1.41. The van der Waals surface area contributed by atoms with Gasteiger partial charge in [0.1, 0.15) is 6.61 Å². The number of nitrogens with two attached hydrogens (primary N) is 1. The van der Waals surface area contributed by atoms with Crippen LogP contribution in [0.15, 0.2) is 12.1 Å². The molecular formula is C15H25ClN2O2. The highest BCUT2D eigenvalue weighted by molar-refractivity contribution is 6.30. The number of benzene rings is 1. The number of hydrogen-bond donors (Lipinski definition) is 1. The number of ether oxygens (including phenoxy) is 2. The summed E-state index contributed by atoms with van der Waals surface area (Å²) in [4.78, 5) is 2.07. The molecule has 1 atom stereocenters. The lowest BCUT2D eigenvalue weighted by Gasteiger charge is -2.19. The maximum Gasteiger partial charge on any atom is 0.164 e. The second kappa shape index (κ2) is 8.35. The van der Waals surface area contributed by atoms with E-state index in [0.29, 0.717) is 17.4 Å². The minimum atomic E-state index is 0.0920. The van der Waals surface area contributed by atoms with Gasteiger partial charge in [-0.15, -0.1) is 0 Å².